The van der Waals surface area contributed by atoms with Crippen molar-refractivity contribution in [1.29, 1.82) is 0 Å². The van der Waals surface area contributed by atoms with E-state index in [4.69, 9.17) is 16.2 Å². The van der Waals surface area contributed by atoms with Crippen LogP contribution in [-0.4, -0.2) is 13.0 Å². The van der Waals surface area contributed by atoms with Gasteiger partial charge in [0.2, 0.25) is 0 Å². The smallest absolute Gasteiger partial charge is 0.250 e. The summed E-state index contributed by atoms with van der Waals surface area (Å²) in [5.41, 5.74) is 12.3. The van der Waals surface area contributed by atoms with Crippen LogP contribution in [0, 0.1) is 0 Å². The SMILES string of the molecule is COCc1cccc(C(N)=O)c1N. The van der Waals surface area contributed by atoms with Gasteiger partial charge in [-0.2, -0.15) is 0 Å². The van der Waals surface area contributed by atoms with E-state index in [1.807, 2.05) is 0 Å². The minimum Gasteiger partial charge on any atom is -0.398 e. The molecule has 0 spiro atoms. The molecule has 0 heterocycles. The molecule has 0 bridgehead atoms. The Morgan fingerprint density at radius 1 is 1.54 bits per heavy atom. The Bertz CT molecular complexity index is 323. The number of hydrogen-bond acceptors (Lipinski definition) is 3. The zero-order valence-electron chi connectivity index (χ0n) is 7.41. The summed E-state index contributed by atoms with van der Waals surface area (Å²) in [5, 5.41) is 0. The van der Waals surface area contributed by atoms with Gasteiger partial charge in [-0.25, -0.2) is 0 Å². The molecule has 0 atom stereocenters. The van der Waals surface area contributed by atoms with Crippen LogP contribution in [0.2, 0.25) is 0 Å². The highest BCUT2D eigenvalue weighted by molar-refractivity contribution is 5.98. The van der Waals surface area contributed by atoms with Crippen LogP contribution in [0.4, 0.5) is 5.69 Å². The number of amides is 1. The van der Waals surface area contributed by atoms with E-state index in [0.717, 1.165) is 5.56 Å². The van der Waals surface area contributed by atoms with Gasteiger partial charge in [0.25, 0.3) is 5.91 Å². The van der Waals surface area contributed by atoms with Gasteiger partial charge in [0.15, 0.2) is 0 Å². The van der Waals surface area contributed by atoms with E-state index in [1.54, 1.807) is 25.3 Å². The highest BCUT2D eigenvalue weighted by Gasteiger charge is 2.08. The average molecular weight is 180 g/mol. The Balaban J connectivity index is 3.10. The molecule has 0 aromatic heterocycles. The van der Waals surface area contributed by atoms with Gasteiger partial charge >= 0.3 is 0 Å². The predicted molar refractivity (Wildman–Crippen MR) is 50.1 cm³/mol. The minimum atomic E-state index is -0.518. The number of primary amides is 1. The van der Waals surface area contributed by atoms with Gasteiger partial charge in [-0.05, 0) is 6.07 Å². The fourth-order valence-corrected chi connectivity index (χ4v) is 1.11. The van der Waals surface area contributed by atoms with Crippen molar-refractivity contribution < 1.29 is 9.53 Å². The van der Waals surface area contributed by atoms with Crippen LogP contribution in [-0.2, 0) is 11.3 Å². The van der Waals surface area contributed by atoms with Gasteiger partial charge in [0.1, 0.15) is 0 Å². The maximum atomic E-state index is 10.9. The molecule has 0 aliphatic heterocycles. The van der Waals surface area contributed by atoms with Crippen LogP contribution in [0.3, 0.4) is 0 Å². The van der Waals surface area contributed by atoms with Crippen LogP contribution in [0.1, 0.15) is 15.9 Å². The van der Waals surface area contributed by atoms with Gasteiger partial charge in [-0.1, -0.05) is 12.1 Å². The summed E-state index contributed by atoms with van der Waals surface area (Å²) in [7, 11) is 1.57. The second kappa shape index (κ2) is 3.91. The molecule has 1 aromatic carbocycles. The lowest BCUT2D eigenvalue weighted by molar-refractivity contribution is 0.100. The Morgan fingerprint density at radius 3 is 2.77 bits per heavy atom. The number of rotatable bonds is 3. The van der Waals surface area contributed by atoms with Crippen molar-refractivity contribution >= 4 is 11.6 Å². The zero-order valence-corrected chi connectivity index (χ0v) is 7.41. The molecule has 1 aromatic rings. The van der Waals surface area contributed by atoms with Crippen LogP contribution in [0.25, 0.3) is 0 Å². The standard InChI is InChI=1S/C9H12N2O2/c1-13-5-6-3-2-4-7(8(6)10)9(11)12/h2-4H,5,10H2,1H3,(H2,11,12). The van der Waals surface area contributed by atoms with Crippen molar-refractivity contribution in [2.24, 2.45) is 5.73 Å². The first-order valence-electron chi connectivity index (χ1n) is 3.83. The molecule has 4 N–H and O–H groups in total. The van der Waals surface area contributed by atoms with Gasteiger partial charge in [0, 0.05) is 18.4 Å². The Kier molecular flexibility index (Phi) is 2.87. The molecule has 0 radical (unpaired) electrons. The third kappa shape index (κ3) is 1.97. The van der Waals surface area contributed by atoms with Gasteiger partial charge in [-0.3, -0.25) is 4.79 Å². The van der Waals surface area contributed by atoms with Crippen molar-refractivity contribution in [1.82, 2.24) is 0 Å². The Hall–Kier alpha value is -1.55. The lowest BCUT2D eigenvalue weighted by atomic mass is 10.1. The number of anilines is 1. The van der Waals surface area contributed by atoms with Gasteiger partial charge in [0.05, 0.1) is 12.2 Å². The summed E-state index contributed by atoms with van der Waals surface area (Å²) in [4.78, 5) is 10.9. The fourth-order valence-electron chi connectivity index (χ4n) is 1.11. The van der Waals surface area contributed by atoms with Crippen molar-refractivity contribution in [3.8, 4) is 0 Å². The lowest BCUT2D eigenvalue weighted by Crippen LogP contribution is -2.14. The molecule has 0 aliphatic carbocycles. The quantitative estimate of drug-likeness (QED) is 0.665. The van der Waals surface area contributed by atoms with Gasteiger partial charge < -0.3 is 16.2 Å². The first-order valence-corrected chi connectivity index (χ1v) is 3.83. The van der Waals surface area contributed by atoms with E-state index in [-0.39, 0.29) is 0 Å². The largest absolute Gasteiger partial charge is 0.398 e. The summed E-state index contributed by atoms with van der Waals surface area (Å²) in [6, 6.07) is 5.12. The maximum absolute atomic E-state index is 10.9. The number of nitrogen functional groups attached to an aromatic ring is 1. The van der Waals surface area contributed by atoms with Crippen molar-refractivity contribution in [2.75, 3.05) is 12.8 Å². The second-order valence-corrected chi connectivity index (χ2v) is 2.68. The third-order valence-corrected chi connectivity index (χ3v) is 1.76. The maximum Gasteiger partial charge on any atom is 0.250 e. The van der Waals surface area contributed by atoms with E-state index >= 15 is 0 Å². The van der Waals surface area contributed by atoms with E-state index < -0.39 is 5.91 Å². The monoisotopic (exact) mass is 180 g/mol. The normalized spacial score (nSPS) is 9.92. The van der Waals surface area contributed by atoms with E-state index in [9.17, 15) is 4.79 Å². The summed E-state index contributed by atoms with van der Waals surface area (Å²) >= 11 is 0. The first kappa shape index (κ1) is 9.54. The summed E-state index contributed by atoms with van der Waals surface area (Å²) in [5.74, 6) is -0.518. The topological polar surface area (TPSA) is 78.3 Å². The molecule has 4 nitrogen and oxygen atoms in total. The number of nitrogens with two attached hydrogens (primary N) is 2. The molecule has 13 heavy (non-hydrogen) atoms. The summed E-state index contributed by atoms with van der Waals surface area (Å²) in [6.45, 7) is 0.382. The number of methoxy groups -OCH3 is 1. The number of benzene rings is 1. The molecule has 1 rings (SSSR count). The second-order valence-electron chi connectivity index (χ2n) is 2.68. The first-order chi connectivity index (χ1) is 6.16. The number of carbonyl (C=O) groups is 1. The molecular formula is C9H12N2O2. The third-order valence-electron chi connectivity index (χ3n) is 1.76. The number of carbonyl (C=O) groups excluding carboxylic acids is 1. The Morgan fingerprint density at radius 2 is 2.23 bits per heavy atom. The van der Waals surface area contributed by atoms with Crippen LogP contribution >= 0.6 is 0 Å². The summed E-state index contributed by atoms with van der Waals surface area (Å²) in [6.07, 6.45) is 0. The molecule has 0 saturated carbocycles. The van der Waals surface area contributed by atoms with Crippen molar-refractivity contribution in [2.45, 2.75) is 6.61 Å². The number of ether oxygens (including phenoxy) is 1. The van der Waals surface area contributed by atoms with Crippen LogP contribution in [0.5, 0.6) is 0 Å². The van der Waals surface area contributed by atoms with Crippen LogP contribution in [0.15, 0.2) is 18.2 Å². The lowest BCUT2D eigenvalue weighted by Gasteiger charge is -2.07. The predicted octanol–water partition coefficient (Wildman–Crippen LogP) is 0.514. The molecular weight excluding hydrogens is 168 g/mol. The highest BCUT2D eigenvalue weighted by Crippen LogP contribution is 2.17. The van der Waals surface area contributed by atoms with E-state index in [0.29, 0.717) is 17.9 Å². The molecule has 4 heteroatoms. The Labute approximate surface area is 76.5 Å². The van der Waals surface area contributed by atoms with E-state index in [2.05, 4.69) is 0 Å². The molecule has 0 fully saturated rings. The number of para-hydroxylation sites is 1. The minimum absolute atomic E-state index is 0.342. The van der Waals surface area contributed by atoms with Crippen LogP contribution < -0.4 is 11.5 Å². The molecule has 70 valence electrons. The average Bonchev–Trinajstić information content (AvgIpc) is 2.08. The molecule has 0 aliphatic rings. The molecule has 0 saturated heterocycles. The highest BCUT2D eigenvalue weighted by atomic mass is 16.5. The van der Waals surface area contributed by atoms with Crippen molar-refractivity contribution in [3.05, 3.63) is 29.3 Å². The molecule has 0 unspecified atom stereocenters. The fraction of sp³-hybridized carbons (Fsp3) is 0.222. The van der Waals surface area contributed by atoms with E-state index in [1.165, 1.54) is 0 Å². The van der Waals surface area contributed by atoms with Crippen molar-refractivity contribution in [3.63, 3.8) is 0 Å². The number of hydrogen-bond donors (Lipinski definition) is 2. The van der Waals surface area contributed by atoms with Gasteiger partial charge in [-0.15, -0.1) is 0 Å². The zero-order chi connectivity index (χ0) is 9.84. The summed E-state index contributed by atoms with van der Waals surface area (Å²) < 4.78 is 4.91. The molecule has 1 amide bonds.